The third kappa shape index (κ3) is 4.84. The molecule has 3 aromatic rings. The maximum Gasteiger partial charge on any atom is 0.319 e. The summed E-state index contributed by atoms with van der Waals surface area (Å²) in [5.41, 5.74) is 15.3. The number of aromatic nitrogens is 1. The van der Waals surface area contributed by atoms with Crippen molar-refractivity contribution in [3.63, 3.8) is 0 Å². The van der Waals surface area contributed by atoms with Crippen LogP contribution in [0.1, 0.15) is 31.2 Å². The van der Waals surface area contributed by atoms with Crippen molar-refractivity contribution in [3.8, 4) is 0 Å². The first-order valence-electron chi connectivity index (χ1n) is 11.3. The number of pyridine rings is 1. The van der Waals surface area contributed by atoms with Gasteiger partial charge in [-0.25, -0.2) is 9.78 Å². The molecular formula is C25H31ClN6O. The Balaban J connectivity index is 1.50. The van der Waals surface area contributed by atoms with E-state index in [1.54, 1.807) is 11.0 Å². The van der Waals surface area contributed by atoms with Crippen LogP contribution in [-0.2, 0) is 6.54 Å². The molecule has 1 aromatic heterocycles. The highest BCUT2D eigenvalue weighted by Gasteiger charge is 2.30. The molecule has 33 heavy (non-hydrogen) atoms. The molecule has 0 spiro atoms. The Morgan fingerprint density at radius 2 is 1.82 bits per heavy atom. The van der Waals surface area contributed by atoms with E-state index in [1.165, 1.54) is 0 Å². The molecule has 2 aromatic carbocycles. The average Bonchev–Trinajstić information content (AvgIpc) is 2.79. The van der Waals surface area contributed by atoms with Crippen LogP contribution in [-0.4, -0.2) is 37.2 Å². The van der Waals surface area contributed by atoms with Crippen LogP contribution in [0.2, 0.25) is 5.02 Å². The summed E-state index contributed by atoms with van der Waals surface area (Å²) >= 11 is 6.33. The second kappa shape index (κ2) is 9.85. The fourth-order valence-corrected chi connectivity index (χ4v) is 5.01. The standard InChI is InChI=1S/C25H31ClN6O/c1-31(2)23-14-24(30-21-8-4-3-6-18(21)23)29-16-10-12-17(13-11-16)32(25(28)33)22-9-5-7-20(26)19(22)15-27/h3-9,14,16-17H,10-13,15,27H2,1-2H3,(H2,28,33)(H,29,30). The summed E-state index contributed by atoms with van der Waals surface area (Å²) in [6.07, 6.45) is 3.45. The van der Waals surface area contributed by atoms with E-state index in [2.05, 4.69) is 22.3 Å². The molecule has 1 heterocycles. The molecule has 1 fully saturated rings. The number of nitrogens with two attached hydrogens (primary N) is 2. The summed E-state index contributed by atoms with van der Waals surface area (Å²) in [5.74, 6) is 0.868. The van der Waals surface area contributed by atoms with Gasteiger partial charge in [0.15, 0.2) is 0 Å². The van der Waals surface area contributed by atoms with Crippen LogP contribution < -0.4 is 26.6 Å². The smallest absolute Gasteiger partial charge is 0.319 e. The van der Waals surface area contributed by atoms with Crippen molar-refractivity contribution in [1.29, 1.82) is 0 Å². The summed E-state index contributed by atoms with van der Waals surface area (Å²) in [7, 11) is 4.08. The van der Waals surface area contributed by atoms with Gasteiger partial charge in [-0.3, -0.25) is 4.90 Å². The zero-order valence-corrected chi connectivity index (χ0v) is 19.8. The lowest BCUT2D eigenvalue weighted by atomic mass is 9.89. The monoisotopic (exact) mass is 466 g/mol. The van der Waals surface area contributed by atoms with E-state index in [0.29, 0.717) is 10.7 Å². The number of nitrogens with one attached hydrogen (secondary N) is 1. The van der Waals surface area contributed by atoms with E-state index in [0.717, 1.165) is 53.7 Å². The third-order valence-electron chi connectivity index (χ3n) is 6.39. The average molecular weight is 467 g/mol. The van der Waals surface area contributed by atoms with Gasteiger partial charge in [0.2, 0.25) is 0 Å². The topological polar surface area (TPSA) is 101 Å². The molecule has 0 aliphatic heterocycles. The van der Waals surface area contributed by atoms with Gasteiger partial charge in [0.05, 0.1) is 11.2 Å². The quantitative estimate of drug-likeness (QED) is 0.488. The number of primary amides is 1. The zero-order chi connectivity index (χ0) is 23.5. The molecule has 4 rings (SSSR count). The maximum absolute atomic E-state index is 12.4. The molecule has 1 aliphatic carbocycles. The number of fused-ring (bicyclic) bond motifs is 1. The lowest BCUT2D eigenvalue weighted by Gasteiger charge is -2.37. The SMILES string of the molecule is CN(C)c1cc(NC2CCC(N(C(N)=O)c3cccc(Cl)c3CN)CC2)nc2ccccc12. The number of nitrogens with zero attached hydrogens (tertiary/aromatic N) is 3. The highest BCUT2D eigenvalue weighted by Crippen LogP contribution is 2.34. The normalized spacial score (nSPS) is 18.2. The minimum atomic E-state index is -0.477. The van der Waals surface area contributed by atoms with Crippen molar-refractivity contribution in [2.24, 2.45) is 11.5 Å². The van der Waals surface area contributed by atoms with Crippen LogP contribution in [0, 0.1) is 0 Å². The molecule has 0 atom stereocenters. The number of hydrogen-bond donors (Lipinski definition) is 3. The minimum Gasteiger partial charge on any atom is -0.377 e. The van der Waals surface area contributed by atoms with Crippen LogP contribution in [0.4, 0.5) is 22.0 Å². The molecule has 2 amide bonds. The van der Waals surface area contributed by atoms with E-state index in [4.69, 9.17) is 28.1 Å². The summed E-state index contributed by atoms with van der Waals surface area (Å²) in [4.78, 5) is 21.0. The Hall–Kier alpha value is -3.03. The predicted molar refractivity (Wildman–Crippen MR) is 137 cm³/mol. The lowest BCUT2D eigenvalue weighted by Crippen LogP contribution is -2.47. The van der Waals surface area contributed by atoms with E-state index >= 15 is 0 Å². The minimum absolute atomic E-state index is 0.00576. The number of para-hydroxylation sites is 1. The van der Waals surface area contributed by atoms with Crippen molar-refractivity contribution in [2.45, 2.75) is 44.3 Å². The van der Waals surface area contributed by atoms with E-state index < -0.39 is 6.03 Å². The number of hydrogen-bond acceptors (Lipinski definition) is 5. The van der Waals surface area contributed by atoms with Gasteiger partial charge in [-0.15, -0.1) is 0 Å². The molecule has 0 radical (unpaired) electrons. The predicted octanol–water partition coefficient (Wildman–Crippen LogP) is 4.72. The molecule has 1 aliphatic rings. The highest BCUT2D eigenvalue weighted by atomic mass is 35.5. The first-order chi connectivity index (χ1) is 15.9. The molecule has 5 N–H and O–H groups in total. The molecular weight excluding hydrogens is 436 g/mol. The highest BCUT2D eigenvalue weighted by molar-refractivity contribution is 6.31. The molecule has 0 saturated heterocycles. The second-order valence-corrected chi connectivity index (χ2v) is 9.15. The van der Waals surface area contributed by atoms with Crippen molar-refractivity contribution in [2.75, 3.05) is 29.2 Å². The molecule has 1 saturated carbocycles. The lowest BCUT2D eigenvalue weighted by molar-refractivity contribution is 0.248. The van der Waals surface area contributed by atoms with Crippen LogP contribution >= 0.6 is 11.6 Å². The van der Waals surface area contributed by atoms with Gasteiger partial charge in [0.1, 0.15) is 5.82 Å². The van der Waals surface area contributed by atoms with E-state index in [9.17, 15) is 4.79 Å². The fraction of sp³-hybridized carbons (Fsp3) is 0.360. The van der Waals surface area contributed by atoms with Gasteiger partial charge in [-0.1, -0.05) is 35.9 Å². The number of urea groups is 1. The number of amides is 2. The Morgan fingerprint density at radius 1 is 1.09 bits per heavy atom. The Morgan fingerprint density at radius 3 is 2.48 bits per heavy atom. The molecule has 0 unspecified atom stereocenters. The van der Waals surface area contributed by atoms with Gasteiger partial charge in [0.25, 0.3) is 0 Å². The molecule has 7 nitrogen and oxygen atoms in total. The molecule has 8 heteroatoms. The van der Waals surface area contributed by atoms with Crippen molar-refractivity contribution >= 4 is 45.7 Å². The van der Waals surface area contributed by atoms with Crippen molar-refractivity contribution < 1.29 is 4.79 Å². The largest absolute Gasteiger partial charge is 0.377 e. The van der Waals surface area contributed by atoms with Crippen LogP contribution in [0.3, 0.4) is 0 Å². The Kier molecular flexibility index (Phi) is 6.91. The van der Waals surface area contributed by atoms with Crippen molar-refractivity contribution in [3.05, 3.63) is 59.1 Å². The molecule has 174 valence electrons. The first kappa shape index (κ1) is 23.1. The van der Waals surface area contributed by atoms with Crippen LogP contribution in [0.15, 0.2) is 48.5 Å². The first-order valence-corrected chi connectivity index (χ1v) is 11.7. The number of carbonyl (C=O) groups is 1. The fourth-order valence-electron chi connectivity index (χ4n) is 4.76. The summed E-state index contributed by atoms with van der Waals surface area (Å²) in [6, 6.07) is 15.5. The second-order valence-electron chi connectivity index (χ2n) is 8.74. The number of carbonyl (C=O) groups excluding carboxylic acids is 1. The summed E-state index contributed by atoms with van der Waals surface area (Å²) < 4.78 is 0. The van der Waals surface area contributed by atoms with Crippen LogP contribution in [0.5, 0.6) is 0 Å². The Bertz CT molecular complexity index is 1140. The summed E-state index contributed by atoms with van der Waals surface area (Å²) in [5, 5.41) is 5.30. The number of rotatable bonds is 6. The zero-order valence-electron chi connectivity index (χ0n) is 19.1. The third-order valence-corrected chi connectivity index (χ3v) is 6.74. The van der Waals surface area contributed by atoms with Gasteiger partial charge in [-0.05, 0) is 43.9 Å². The van der Waals surface area contributed by atoms with Gasteiger partial charge >= 0.3 is 6.03 Å². The van der Waals surface area contributed by atoms with Gasteiger partial charge < -0.3 is 21.7 Å². The van der Waals surface area contributed by atoms with Gasteiger partial charge in [0, 0.05) is 60.4 Å². The number of benzene rings is 2. The van der Waals surface area contributed by atoms with Gasteiger partial charge in [-0.2, -0.15) is 0 Å². The van der Waals surface area contributed by atoms with E-state index in [1.807, 2.05) is 44.4 Å². The van der Waals surface area contributed by atoms with Crippen LogP contribution in [0.25, 0.3) is 10.9 Å². The Labute approximate surface area is 199 Å². The number of halogens is 1. The maximum atomic E-state index is 12.4. The molecule has 0 bridgehead atoms. The number of anilines is 3. The summed E-state index contributed by atoms with van der Waals surface area (Å²) in [6.45, 7) is 0.248. The van der Waals surface area contributed by atoms with Crippen molar-refractivity contribution in [1.82, 2.24) is 4.98 Å². The van der Waals surface area contributed by atoms with E-state index in [-0.39, 0.29) is 18.6 Å².